The van der Waals surface area contributed by atoms with Gasteiger partial charge in [0.15, 0.2) is 0 Å². The van der Waals surface area contributed by atoms with Gasteiger partial charge in [-0.2, -0.15) is 0 Å². The fourth-order valence-electron chi connectivity index (χ4n) is 2.22. The quantitative estimate of drug-likeness (QED) is 0.749. The molecule has 1 unspecified atom stereocenters. The van der Waals surface area contributed by atoms with Crippen LogP contribution in [-0.4, -0.2) is 43.2 Å². The molecular weight excluding hydrogens is 319 g/mol. The van der Waals surface area contributed by atoms with E-state index in [0.29, 0.717) is 30.9 Å². The highest BCUT2D eigenvalue weighted by Gasteiger charge is 2.34. The van der Waals surface area contributed by atoms with Gasteiger partial charge < -0.3 is 14.4 Å². The zero-order chi connectivity index (χ0) is 16.2. The molecule has 4 nitrogen and oxygen atoms in total. The van der Waals surface area contributed by atoms with E-state index in [9.17, 15) is 18.0 Å². The van der Waals surface area contributed by atoms with Gasteiger partial charge in [-0.25, -0.2) is 0 Å². The highest BCUT2D eigenvalue weighted by Crippen LogP contribution is 2.40. The highest BCUT2D eigenvalue weighted by molar-refractivity contribution is 8.00. The fraction of sp³-hybridized carbons (Fsp3) is 0.500. The number of carbonyl (C=O) groups excluding carboxylic acids is 1. The zero-order valence-corrected chi connectivity index (χ0v) is 12.7. The Kier molecular flexibility index (Phi) is 5.57. The molecular formula is C14H16F3NO3S. The second-order valence-corrected chi connectivity index (χ2v) is 5.79. The van der Waals surface area contributed by atoms with E-state index in [-0.39, 0.29) is 17.0 Å². The van der Waals surface area contributed by atoms with Gasteiger partial charge in [-0.05, 0) is 24.1 Å². The van der Waals surface area contributed by atoms with Crippen LogP contribution in [0.1, 0.15) is 17.4 Å². The molecule has 0 N–H and O–H groups in total. The summed E-state index contributed by atoms with van der Waals surface area (Å²) in [6.45, 7) is 1.03. The number of alkyl halides is 3. The fourth-order valence-corrected chi connectivity index (χ4v) is 3.42. The zero-order valence-electron chi connectivity index (χ0n) is 11.9. The van der Waals surface area contributed by atoms with Crippen LogP contribution in [0.4, 0.5) is 13.2 Å². The number of thioether (sulfide) groups is 1. The van der Waals surface area contributed by atoms with Crippen LogP contribution >= 0.6 is 11.8 Å². The molecule has 0 radical (unpaired) electrons. The number of benzene rings is 1. The number of ether oxygens (including phenoxy) is 2. The predicted molar refractivity (Wildman–Crippen MR) is 76.5 cm³/mol. The van der Waals surface area contributed by atoms with Gasteiger partial charge in [0.05, 0.1) is 5.75 Å². The van der Waals surface area contributed by atoms with E-state index < -0.39 is 6.36 Å². The summed E-state index contributed by atoms with van der Waals surface area (Å²) >= 11 is 1.40. The molecule has 8 heteroatoms. The molecule has 0 spiro atoms. The summed E-state index contributed by atoms with van der Waals surface area (Å²) in [5.41, 5.74) is 0.620. The van der Waals surface area contributed by atoms with Gasteiger partial charge >= 0.3 is 6.36 Å². The lowest BCUT2D eigenvalue weighted by atomic mass is 10.2. The third kappa shape index (κ3) is 4.54. The summed E-state index contributed by atoms with van der Waals surface area (Å²) in [6, 6.07) is 5.76. The Bertz CT molecular complexity index is 524. The van der Waals surface area contributed by atoms with E-state index in [4.69, 9.17) is 4.74 Å². The number of rotatable bonds is 6. The molecule has 1 amide bonds. The molecule has 0 bridgehead atoms. The van der Waals surface area contributed by atoms with E-state index in [0.717, 1.165) is 0 Å². The molecule has 2 rings (SSSR count). The SMILES string of the molecule is COCCCN1C(=O)CSC1c1cccc(OC(F)(F)F)c1. The van der Waals surface area contributed by atoms with Gasteiger partial charge in [-0.15, -0.1) is 24.9 Å². The van der Waals surface area contributed by atoms with Gasteiger partial charge in [0.25, 0.3) is 0 Å². The maximum absolute atomic E-state index is 12.3. The molecule has 1 aliphatic heterocycles. The normalized spacial score (nSPS) is 18.8. The molecule has 1 heterocycles. The smallest absolute Gasteiger partial charge is 0.406 e. The number of halogens is 3. The van der Waals surface area contributed by atoms with Gasteiger partial charge in [0.1, 0.15) is 11.1 Å². The maximum atomic E-state index is 12.3. The number of methoxy groups -OCH3 is 1. The van der Waals surface area contributed by atoms with Crippen molar-refractivity contribution in [3.05, 3.63) is 29.8 Å². The average molecular weight is 335 g/mol. The molecule has 0 aromatic heterocycles. The van der Waals surface area contributed by atoms with Gasteiger partial charge in [-0.1, -0.05) is 12.1 Å². The Morgan fingerprint density at radius 3 is 2.86 bits per heavy atom. The van der Waals surface area contributed by atoms with Crippen LogP contribution < -0.4 is 4.74 Å². The van der Waals surface area contributed by atoms with E-state index in [1.54, 1.807) is 18.1 Å². The standard InChI is InChI=1S/C14H16F3NO3S/c1-20-7-3-6-18-12(19)9-22-13(18)10-4-2-5-11(8-10)21-14(15,16)17/h2,4-5,8,13H,3,6-7,9H2,1H3. The molecule has 1 fully saturated rings. The van der Waals surface area contributed by atoms with Crippen molar-refractivity contribution in [3.63, 3.8) is 0 Å². The third-order valence-corrected chi connectivity index (χ3v) is 4.35. The van der Waals surface area contributed by atoms with Crippen LogP contribution in [0.5, 0.6) is 5.75 Å². The van der Waals surface area contributed by atoms with E-state index in [1.807, 2.05) is 0 Å². The highest BCUT2D eigenvalue weighted by atomic mass is 32.2. The van der Waals surface area contributed by atoms with Crippen molar-refractivity contribution in [1.29, 1.82) is 0 Å². The minimum Gasteiger partial charge on any atom is -0.406 e. The van der Waals surface area contributed by atoms with Crippen molar-refractivity contribution in [2.45, 2.75) is 18.2 Å². The first-order chi connectivity index (χ1) is 10.4. The van der Waals surface area contributed by atoms with E-state index in [1.165, 1.54) is 30.0 Å². The van der Waals surface area contributed by atoms with Crippen LogP contribution in [0.2, 0.25) is 0 Å². The van der Waals surface area contributed by atoms with Crippen molar-refractivity contribution in [1.82, 2.24) is 4.90 Å². The monoisotopic (exact) mass is 335 g/mol. The molecule has 1 atom stereocenters. The molecule has 0 aliphatic carbocycles. The predicted octanol–water partition coefficient (Wildman–Crippen LogP) is 3.20. The van der Waals surface area contributed by atoms with Crippen molar-refractivity contribution in [2.24, 2.45) is 0 Å². The Labute approximate surface area is 130 Å². The van der Waals surface area contributed by atoms with Crippen molar-refractivity contribution < 1.29 is 27.4 Å². The third-order valence-electron chi connectivity index (χ3n) is 3.09. The van der Waals surface area contributed by atoms with E-state index in [2.05, 4.69) is 4.74 Å². The van der Waals surface area contributed by atoms with Crippen LogP contribution in [0, 0.1) is 0 Å². The molecule has 122 valence electrons. The molecule has 1 saturated heterocycles. The lowest BCUT2D eigenvalue weighted by Crippen LogP contribution is -2.29. The molecule has 22 heavy (non-hydrogen) atoms. The number of amides is 1. The molecule has 1 aromatic carbocycles. The Balaban J connectivity index is 2.12. The first-order valence-electron chi connectivity index (χ1n) is 6.66. The summed E-state index contributed by atoms with van der Waals surface area (Å²) < 4.78 is 45.8. The van der Waals surface area contributed by atoms with Gasteiger partial charge in [0, 0.05) is 20.3 Å². The summed E-state index contributed by atoms with van der Waals surface area (Å²) in [6.07, 6.45) is -4.05. The molecule has 1 aliphatic rings. The Hall–Kier alpha value is -1.41. The Morgan fingerprint density at radius 2 is 2.18 bits per heavy atom. The van der Waals surface area contributed by atoms with Crippen LogP contribution in [0.25, 0.3) is 0 Å². The van der Waals surface area contributed by atoms with Gasteiger partial charge in [0.2, 0.25) is 5.91 Å². The topological polar surface area (TPSA) is 38.8 Å². The van der Waals surface area contributed by atoms with Gasteiger partial charge in [-0.3, -0.25) is 4.79 Å². The van der Waals surface area contributed by atoms with Crippen molar-refractivity contribution >= 4 is 17.7 Å². The maximum Gasteiger partial charge on any atom is 0.573 e. The number of nitrogens with zero attached hydrogens (tertiary/aromatic N) is 1. The van der Waals surface area contributed by atoms with E-state index >= 15 is 0 Å². The molecule has 0 saturated carbocycles. The second kappa shape index (κ2) is 7.23. The minimum absolute atomic E-state index is 0.0201. The second-order valence-electron chi connectivity index (χ2n) is 4.72. The molecule has 1 aromatic rings. The van der Waals surface area contributed by atoms with Crippen LogP contribution in [-0.2, 0) is 9.53 Å². The van der Waals surface area contributed by atoms with Crippen LogP contribution in [0.15, 0.2) is 24.3 Å². The minimum atomic E-state index is -4.73. The average Bonchev–Trinajstić information content (AvgIpc) is 2.79. The summed E-state index contributed by atoms with van der Waals surface area (Å²) in [5, 5.41) is -0.291. The summed E-state index contributed by atoms with van der Waals surface area (Å²) in [5.74, 6) is 0.0252. The van der Waals surface area contributed by atoms with Crippen LogP contribution in [0.3, 0.4) is 0 Å². The number of carbonyl (C=O) groups is 1. The van der Waals surface area contributed by atoms with Crippen molar-refractivity contribution in [3.8, 4) is 5.75 Å². The largest absolute Gasteiger partial charge is 0.573 e. The number of hydrogen-bond donors (Lipinski definition) is 0. The lowest BCUT2D eigenvalue weighted by Gasteiger charge is -2.24. The lowest BCUT2D eigenvalue weighted by molar-refractivity contribution is -0.274. The Morgan fingerprint density at radius 1 is 1.41 bits per heavy atom. The first kappa shape index (κ1) is 17.0. The first-order valence-corrected chi connectivity index (χ1v) is 7.71. The summed E-state index contributed by atoms with van der Waals surface area (Å²) in [7, 11) is 1.58. The van der Waals surface area contributed by atoms with Crippen molar-refractivity contribution in [2.75, 3.05) is 26.0 Å². The number of hydrogen-bond acceptors (Lipinski definition) is 4. The summed E-state index contributed by atoms with van der Waals surface area (Å²) in [4.78, 5) is 13.6.